The highest BCUT2D eigenvalue weighted by Crippen LogP contribution is 2.30. The van der Waals surface area contributed by atoms with Crippen molar-refractivity contribution in [2.75, 3.05) is 10.6 Å². The summed E-state index contributed by atoms with van der Waals surface area (Å²) in [5.41, 5.74) is 2.17. The summed E-state index contributed by atoms with van der Waals surface area (Å²) in [6.45, 7) is 1.95. The number of hydrogen-bond donors (Lipinski definition) is 2. The summed E-state index contributed by atoms with van der Waals surface area (Å²) in [5.74, 6) is -0.231. The molecule has 0 fully saturated rings. The monoisotopic (exact) mass is 472 g/mol. The zero-order valence-corrected chi connectivity index (χ0v) is 19.2. The molecule has 2 amide bonds. The molecule has 2 N–H and O–H groups in total. The molecule has 7 heteroatoms. The van der Waals surface area contributed by atoms with E-state index in [2.05, 4.69) is 10.6 Å². The molecule has 4 nitrogen and oxygen atoms in total. The van der Waals surface area contributed by atoms with Crippen molar-refractivity contribution in [3.8, 4) is 0 Å². The third-order valence-corrected chi connectivity index (χ3v) is 6.36. The molecule has 1 unspecified atom stereocenters. The molecule has 0 aromatic heterocycles. The standard InChI is InChI=1S/C24H22Cl2N2O2S/c1-2-22(24(30)28-21-12-11-17(25)14-20(21)26)31-19-10-6-9-18(15-19)27-23(29)13-16-7-4-3-5-8-16/h3-12,14-15,22H,2,13H2,1H3,(H,27,29)(H,28,30). The molecule has 3 aromatic carbocycles. The van der Waals surface area contributed by atoms with Gasteiger partial charge in [0.1, 0.15) is 0 Å². The van der Waals surface area contributed by atoms with Crippen molar-refractivity contribution in [1.82, 2.24) is 0 Å². The predicted molar refractivity (Wildman–Crippen MR) is 130 cm³/mol. The second kappa shape index (κ2) is 11.2. The number of nitrogens with one attached hydrogen (secondary N) is 2. The number of rotatable bonds is 8. The number of amides is 2. The Morgan fingerprint density at radius 3 is 2.42 bits per heavy atom. The van der Waals surface area contributed by atoms with Crippen LogP contribution in [0.15, 0.2) is 77.7 Å². The molecule has 0 bridgehead atoms. The van der Waals surface area contributed by atoms with E-state index in [0.717, 1.165) is 10.5 Å². The van der Waals surface area contributed by atoms with Gasteiger partial charge < -0.3 is 10.6 Å². The van der Waals surface area contributed by atoms with Crippen molar-refractivity contribution < 1.29 is 9.59 Å². The van der Waals surface area contributed by atoms with Crippen molar-refractivity contribution >= 4 is 58.2 Å². The Hall–Kier alpha value is -2.47. The molecule has 0 radical (unpaired) electrons. The Morgan fingerprint density at radius 1 is 0.935 bits per heavy atom. The van der Waals surface area contributed by atoms with E-state index in [1.807, 2.05) is 61.5 Å². The zero-order valence-electron chi connectivity index (χ0n) is 16.9. The van der Waals surface area contributed by atoms with Crippen LogP contribution in [0.4, 0.5) is 11.4 Å². The average molecular weight is 473 g/mol. The molecule has 0 aliphatic rings. The highest BCUT2D eigenvalue weighted by molar-refractivity contribution is 8.00. The van der Waals surface area contributed by atoms with Crippen molar-refractivity contribution in [3.05, 3.63) is 88.4 Å². The van der Waals surface area contributed by atoms with Crippen LogP contribution in [0.25, 0.3) is 0 Å². The van der Waals surface area contributed by atoms with Crippen LogP contribution in [0.2, 0.25) is 10.0 Å². The van der Waals surface area contributed by atoms with Crippen molar-refractivity contribution in [3.63, 3.8) is 0 Å². The summed E-state index contributed by atoms with van der Waals surface area (Å²) in [6.07, 6.45) is 0.937. The SMILES string of the molecule is CCC(Sc1cccc(NC(=O)Cc2ccccc2)c1)C(=O)Nc1ccc(Cl)cc1Cl. The molecule has 0 heterocycles. The molecule has 0 aliphatic heterocycles. The van der Waals surface area contributed by atoms with Crippen LogP contribution in [-0.2, 0) is 16.0 Å². The average Bonchev–Trinajstić information content (AvgIpc) is 2.75. The zero-order chi connectivity index (χ0) is 22.2. The van der Waals surface area contributed by atoms with Gasteiger partial charge in [0.05, 0.1) is 22.4 Å². The van der Waals surface area contributed by atoms with Crippen LogP contribution in [-0.4, -0.2) is 17.1 Å². The molecule has 0 saturated heterocycles. The lowest BCUT2D eigenvalue weighted by molar-refractivity contribution is -0.116. The van der Waals surface area contributed by atoms with Gasteiger partial charge in [-0.1, -0.05) is 66.5 Å². The maximum absolute atomic E-state index is 12.8. The van der Waals surface area contributed by atoms with E-state index in [9.17, 15) is 9.59 Å². The number of carbonyl (C=O) groups excluding carboxylic acids is 2. The lowest BCUT2D eigenvalue weighted by atomic mass is 10.1. The van der Waals surface area contributed by atoms with E-state index in [1.54, 1.807) is 18.2 Å². The predicted octanol–water partition coefficient (Wildman–Crippen LogP) is 6.68. The first kappa shape index (κ1) is 23.2. The first-order valence-electron chi connectivity index (χ1n) is 9.81. The molecule has 31 heavy (non-hydrogen) atoms. The molecule has 0 spiro atoms. The Morgan fingerprint density at radius 2 is 1.71 bits per heavy atom. The van der Waals surface area contributed by atoms with Crippen molar-refractivity contribution in [2.24, 2.45) is 0 Å². The third kappa shape index (κ3) is 7.03. The molecule has 1 atom stereocenters. The second-order valence-electron chi connectivity index (χ2n) is 6.87. The highest BCUT2D eigenvalue weighted by atomic mass is 35.5. The van der Waals surface area contributed by atoms with Crippen LogP contribution < -0.4 is 10.6 Å². The number of carbonyl (C=O) groups is 2. The smallest absolute Gasteiger partial charge is 0.237 e. The molecule has 160 valence electrons. The van der Waals surface area contributed by atoms with Gasteiger partial charge >= 0.3 is 0 Å². The number of halogens is 2. The minimum Gasteiger partial charge on any atom is -0.326 e. The molecule has 3 rings (SSSR count). The largest absolute Gasteiger partial charge is 0.326 e. The number of thioether (sulfide) groups is 1. The quantitative estimate of drug-likeness (QED) is 0.359. The molecular weight excluding hydrogens is 451 g/mol. The molecular formula is C24H22Cl2N2O2S. The summed E-state index contributed by atoms with van der Waals surface area (Å²) < 4.78 is 0. The van der Waals surface area contributed by atoms with Gasteiger partial charge in [-0.25, -0.2) is 0 Å². The van der Waals surface area contributed by atoms with Crippen LogP contribution in [0.3, 0.4) is 0 Å². The van der Waals surface area contributed by atoms with Gasteiger partial charge in [-0.2, -0.15) is 0 Å². The Kier molecular flexibility index (Phi) is 8.41. The van der Waals surface area contributed by atoms with Gasteiger partial charge in [0.2, 0.25) is 11.8 Å². The van der Waals surface area contributed by atoms with Gasteiger partial charge in [0, 0.05) is 15.6 Å². The van der Waals surface area contributed by atoms with E-state index >= 15 is 0 Å². The second-order valence-corrected chi connectivity index (χ2v) is 8.99. The fraction of sp³-hybridized carbons (Fsp3) is 0.167. The first-order valence-corrected chi connectivity index (χ1v) is 11.4. The third-order valence-electron chi connectivity index (χ3n) is 4.46. The fourth-order valence-electron chi connectivity index (χ4n) is 2.92. The Balaban J connectivity index is 1.62. The molecule has 0 aliphatic carbocycles. The van der Waals surface area contributed by atoms with E-state index < -0.39 is 0 Å². The van der Waals surface area contributed by atoms with Gasteiger partial charge in [0.15, 0.2) is 0 Å². The van der Waals surface area contributed by atoms with Crippen molar-refractivity contribution in [1.29, 1.82) is 0 Å². The minimum absolute atomic E-state index is 0.0875. The Bertz CT molecular complexity index is 1060. The minimum atomic E-state index is -0.318. The van der Waals surface area contributed by atoms with Gasteiger partial charge in [-0.15, -0.1) is 11.8 Å². The summed E-state index contributed by atoms with van der Waals surface area (Å²) in [7, 11) is 0. The van der Waals surface area contributed by atoms with Crippen molar-refractivity contribution in [2.45, 2.75) is 29.9 Å². The molecule has 3 aromatic rings. The number of hydrogen-bond acceptors (Lipinski definition) is 3. The Labute approximate surface area is 196 Å². The van der Waals surface area contributed by atoms with Crippen LogP contribution in [0.5, 0.6) is 0 Å². The maximum Gasteiger partial charge on any atom is 0.237 e. The summed E-state index contributed by atoms with van der Waals surface area (Å²) in [5, 5.41) is 6.37. The normalized spacial score (nSPS) is 11.6. The van der Waals surface area contributed by atoms with Crippen LogP contribution in [0.1, 0.15) is 18.9 Å². The fourth-order valence-corrected chi connectivity index (χ4v) is 4.39. The maximum atomic E-state index is 12.8. The van der Waals surface area contributed by atoms with Crippen LogP contribution >= 0.6 is 35.0 Å². The van der Waals surface area contributed by atoms with E-state index in [4.69, 9.17) is 23.2 Å². The molecule has 0 saturated carbocycles. The van der Waals surface area contributed by atoms with Gasteiger partial charge in [-0.3, -0.25) is 9.59 Å². The first-order chi connectivity index (χ1) is 14.9. The topological polar surface area (TPSA) is 58.2 Å². The summed E-state index contributed by atoms with van der Waals surface area (Å²) in [6, 6.07) is 22.0. The lowest BCUT2D eigenvalue weighted by Crippen LogP contribution is -2.24. The number of anilines is 2. The van der Waals surface area contributed by atoms with Gasteiger partial charge in [0.25, 0.3) is 0 Å². The number of benzene rings is 3. The summed E-state index contributed by atoms with van der Waals surface area (Å²) >= 11 is 13.5. The van der Waals surface area contributed by atoms with Gasteiger partial charge in [-0.05, 0) is 48.4 Å². The lowest BCUT2D eigenvalue weighted by Gasteiger charge is -2.16. The van der Waals surface area contributed by atoms with E-state index in [1.165, 1.54) is 11.8 Å². The summed E-state index contributed by atoms with van der Waals surface area (Å²) in [4.78, 5) is 26.0. The highest BCUT2D eigenvalue weighted by Gasteiger charge is 2.19. The van der Waals surface area contributed by atoms with E-state index in [-0.39, 0.29) is 17.1 Å². The van der Waals surface area contributed by atoms with E-state index in [0.29, 0.717) is 34.3 Å². The van der Waals surface area contributed by atoms with Crippen LogP contribution in [0, 0.1) is 0 Å².